The van der Waals surface area contributed by atoms with Crippen LogP contribution in [0, 0.1) is 0 Å². The summed E-state index contributed by atoms with van der Waals surface area (Å²) in [7, 11) is -3.25. The lowest BCUT2D eigenvalue weighted by Gasteiger charge is -2.20. The van der Waals surface area contributed by atoms with Crippen LogP contribution in [0.15, 0.2) is 0 Å². The molecule has 0 aliphatic carbocycles. The SMILES string of the molecule is CCO[Si](O)(OCC)OCC.[B]. The third-order valence-corrected chi connectivity index (χ3v) is 2.94. The second-order valence-electron chi connectivity index (χ2n) is 1.82. The minimum atomic E-state index is -3.25. The Bertz CT molecular complexity index is 86.5. The van der Waals surface area contributed by atoms with Gasteiger partial charge in [-0.1, -0.05) is 0 Å². The summed E-state index contributed by atoms with van der Waals surface area (Å²) in [6, 6.07) is 0. The lowest BCUT2D eigenvalue weighted by atomic mass is 10.8. The minimum absolute atomic E-state index is 0. The molecule has 0 aromatic heterocycles. The third-order valence-electron chi connectivity index (χ3n) is 0.980. The first kappa shape index (κ1) is 14.6. The van der Waals surface area contributed by atoms with Gasteiger partial charge in [0, 0.05) is 28.2 Å². The standard InChI is InChI=1S/C6H16O4Si.B/c1-4-8-11(7,9-5-2)10-6-3;/h7H,4-6H2,1-3H3;. The maximum Gasteiger partial charge on any atom is 0.676 e. The first-order valence-corrected chi connectivity index (χ1v) is 5.50. The highest BCUT2D eigenvalue weighted by molar-refractivity contribution is 6.51. The molecule has 0 saturated carbocycles. The van der Waals surface area contributed by atoms with Gasteiger partial charge in [-0.3, -0.25) is 0 Å². The molecule has 6 heteroatoms. The van der Waals surface area contributed by atoms with Crippen LogP contribution in [0.1, 0.15) is 20.8 Å². The molecule has 0 spiro atoms. The summed E-state index contributed by atoms with van der Waals surface area (Å²) < 4.78 is 14.9. The van der Waals surface area contributed by atoms with Gasteiger partial charge in [-0.15, -0.1) is 0 Å². The van der Waals surface area contributed by atoms with Gasteiger partial charge in [-0.05, 0) is 20.8 Å². The van der Waals surface area contributed by atoms with Gasteiger partial charge in [0.2, 0.25) is 0 Å². The van der Waals surface area contributed by atoms with Crippen molar-refractivity contribution in [3.8, 4) is 0 Å². The van der Waals surface area contributed by atoms with E-state index >= 15 is 0 Å². The fourth-order valence-corrected chi connectivity index (χ4v) is 2.02. The van der Waals surface area contributed by atoms with E-state index in [1.165, 1.54) is 0 Å². The molecule has 0 aliphatic heterocycles. The Hall–Kier alpha value is 0.122. The fraction of sp³-hybridized carbons (Fsp3) is 1.00. The highest BCUT2D eigenvalue weighted by atomic mass is 28.4. The van der Waals surface area contributed by atoms with Crippen LogP contribution in [0.3, 0.4) is 0 Å². The van der Waals surface area contributed by atoms with Crippen molar-refractivity contribution in [3.05, 3.63) is 0 Å². The van der Waals surface area contributed by atoms with Gasteiger partial charge >= 0.3 is 9.05 Å². The molecule has 0 atom stereocenters. The quantitative estimate of drug-likeness (QED) is 0.607. The van der Waals surface area contributed by atoms with Crippen LogP contribution < -0.4 is 0 Å². The molecule has 4 nitrogen and oxygen atoms in total. The summed E-state index contributed by atoms with van der Waals surface area (Å²) in [5.41, 5.74) is 0. The van der Waals surface area contributed by atoms with E-state index in [4.69, 9.17) is 13.3 Å². The molecule has 71 valence electrons. The number of hydrogen-bond donors (Lipinski definition) is 1. The van der Waals surface area contributed by atoms with Crippen molar-refractivity contribution in [2.75, 3.05) is 19.8 Å². The first-order valence-electron chi connectivity index (χ1n) is 3.82. The molecule has 0 saturated heterocycles. The van der Waals surface area contributed by atoms with Crippen molar-refractivity contribution in [3.63, 3.8) is 0 Å². The van der Waals surface area contributed by atoms with E-state index in [1.54, 1.807) is 20.8 Å². The second kappa shape index (κ2) is 7.75. The molecular weight excluding hydrogens is 175 g/mol. The summed E-state index contributed by atoms with van der Waals surface area (Å²) in [5.74, 6) is 0. The fourth-order valence-electron chi connectivity index (χ4n) is 0.672. The van der Waals surface area contributed by atoms with Crippen molar-refractivity contribution >= 4 is 17.5 Å². The first-order chi connectivity index (χ1) is 5.18. The van der Waals surface area contributed by atoms with E-state index in [-0.39, 0.29) is 8.41 Å². The smallest absolute Gasteiger partial charge is 0.367 e. The molecule has 0 amide bonds. The average Bonchev–Trinajstić information content (AvgIpc) is 1.88. The van der Waals surface area contributed by atoms with E-state index in [1.807, 2.05) is 0 Å². The molecule has 1 N–H and O–H groups in total. The summed E-state index contributed by atoms with van der Waals surface area (Å²) >= 11 is 0. The van der Waals surface area contributed by atoms with E-state index in [0.717, 1.165) is 0 Å². The van der Waals surface area contributed by atoms with Gasteiger partial charge in [-0.2, -0.15) is 0 Å². The molecule has 12 heavy (non-hydrogen) atoms. The third kappa shape index (κ3) is 5.73. The molecule has 0 aromatic carbocycles. The summed E-state index contributed by atoms with van der Waals surface area (Å²) in [5, 5.41) is 0. The second-order valence-corrected chi connectivity index (χ2v) is 3.74. The summed E-state index contributed by atoms with van der Waals surface area (Å²) in [4.78, 5) is 9.48. The molecule has 0 fully saturated rings. The number of rotatable bonds is 6. The zero-order valence-electron chi connectivity index (χ0n) is 7.87. The topological polar surface area (TPSA) is 47.9 Å². The monoisotopic (exact) mass is 191 g/mol. The van der Waals surface area contributed by atoms with Crippen molar-refractivity contribution < 1.29 is 18.1 Å². The van der Waals surface area contributed by atoms with Crippen molar-refractivity contribution in [2.24, 2.45) is 0 Å². The Kier molecular flexibility index (Phi) is 9.46. The van der Waals surface area contributed by atoms with Crippen LogP contribution in [0.2, 0.25) is 0 Å². The van der Waals surface area contributed by atoms with E-state index in [9.17, 15) is 4.80 Å². The molecule has 0 aliphatic rings. The van der Waals surface area contributed by atoms with Gasteiger partial charge < -0.3 is 18.1 Å². The molecule has 0 bridgehead atoms. The van der Waals surface area contributed by atoms with Gasteiger partial charge in [0.1, 0.15) is 0 Å². The Morgan fingerprint density at radius 1 is 0.917 bits per heavy atom. The van der Waals surface area contributed by atoms with Crippen molar-refractivity contribution in [1.29, 1.82) is 0 Å². The number of hydrogen-bond acceptors (Lipinski definition) is 4. The van der Waals surface area contributed by atoms with Gasteiger partial charge in [0.25, 0.3) is 0 Å². The Balaban J connectivity index is 0. The summed E-state index contributed by atoms with van der Waals surface area (Å²) in [6.45, 7) is 6.58. The largest absolute Gasteiger partial charge is 0.676 e. The Morgan fingerprint density at radius 3 is 1.33 bits per heavy atom. The normalized spacial score (nSPS) is 11.0. The van der Waals surface area contributed by atoms with Crippen LogP contribution in [-0.4, -0.2) is 42.1 Å². The van der Waals surface area contributed by atoms with Gasteiger partial charge in [-0.25, -0.2) is 0 Å². The van der Waals surface area contributed by atoms with Crippen LogP contribution in [-0.2, 0) is 13.3 Å². The van der Waals surface area contributed by atoms with E-state index < -0.39 is 9.05 Å². The molecule has 3 radical (unpaired) electrons. The summed E-state index contributed by atoms with van der Waals surface area (Å²) in [6.07, 6.45) is 0. The lowest BCUT2D eigenvalue weighted by molar-refractivity contribution is 0.00146. The molecule has 0 heterocycles. The van der Waals surface area contributed by atoms with E-state index in [2.05, 4.69) is 0 Å². The average molecular weight is 191 g/mol. The molecule has 0 rings (SSSR count). The lowest BCUT2D eigenvalue weighted by Crippen LogP contribution is -2.46. The van der Waals surface area contributed by atoms with Gasteiger partial charge in [0.15, 0.2) is 0 Å². The molecular formula is C6H16BO4Si. The van der Waals surface area contributed by atoms with E-state index in [0.29, 0.717) is 19.8 Å². The predicted molar refractivity (Wildman–Crippen MR) is 48.6 cm³/mol. The molecule has 0 aromatic rings. The minimum Gasteiger partial charge on any atom is -0.367 e. The maximum atomic E-state index is 9.48. The van der Waals surface area contributed by atoms with Crippen LogP contribution >= 0.6 is 0 Å². The zero-order valence-corrected chi connectivity index (χ0v) is 8.87. The maximum absolute atomic E-state index is 9.48. The van der Waals surface area contributed by atoms with Crippen LogP contribution in [0.4, 0.5) is 0 Å². The van der Waals surface area contributed by atoms with Crippen molar-refractivity contribution in [2.45, 2.75) is 20.8 Å². The van der Waals surface area contributed by atoms with Gasteiger partial charge in [0.05, 0.1) is 0 Å². The Labute approximate surface area is 76.9 Å². The van der Waals surface area contributed by atoms with Crippen LogP contribution in [0.5, 0.6) is 0 Å². The molecule has 0 unspecified atom stereocenters. The Morgan fingerprint density at radius 2 is 1.17 bits per heavy atom. The highest BCUT2D eigenvalue weighted by Gasteiger charge is 2.39. The highest BCUT2D eigenvalue weighted by Crippen LogP contribution is 2.04. The predicted octanol–water partition coefficient (Wildman–Crippen LogP) is 0.143. The van der Waals surface area contributed by atoms with Crippen LogP contribution in [0.25, 0.3) is 0 Å². The zero-order chi connectivity index (χ0) is 8.74. The van der Waals surface area contributed by atoms with Crippen molar-refractivity contribution in [1.82, 2.24) is 0 Å².